The van der Waals surface area contributed by atoms with Crippen molar-refractivity contribution in [1.82, 2.24) is 9.66 Å². The smallest absolute Gasteiger partial charge is 0.190 e. The quantitative estimate of drug-likeness (QED) is 0.777. The first-order chi connectivity index (χ1) is 9.74. The molecule has 3 aromatic rings. The Kier molecular flexibility index (Phi) is 2.75. The highest BCUT2D eigenvalue weighted by atomic mass is 32.2. The van der Waals surface area contributed by atoms with Crippen LogP contribution in [0.5, 0.6) is 0 Å². The topological polar surface area (TPSA) is 43.0 Å². The van der Waals surface area contributed by atoms with E-state index < -0.39 is 0 Å². The molecule has 3 heterocycles. The second kappa shape index (κ2) is 4.49. The lowest BCUT2D eigenvalue weighted by molar-refractivity contribution is 0.626. The molecule has 0 amide bonds. The van der Waals surface area contributed by atoms with Crippen LogP contribution in [0, 0.1) is 6.92 Å². The molecule has 102 valence electrons. The molecule has 1 N–H and O–H groups in total. The number of furan rings is 1. The Morgan fingerprint density at radius 2 is 2.35 bits per heavy atom. The van der Waals surface area contributed by atoms with Gasteiger partial charge in [0.1, 0.15) is 16.0 Å². The number of hydrogen-bond acceptors (Lipinski definition) is 5. The Hall–Kier alpha value is -1.53. The molecule has 1 atom stereocenters. The predicted molar refractivity (Wildman–Crippen MR) is 84.7 cm³/mol. The van der Waals surface area contributed by atoms with Gasteiger partial charge in [-0.3, -0.25) is 0 Å². The van der Waals surface area contributed by atoms with Crippen molar-refractivity contribution in [3.05, 3.63) is 36.0 Å². The third kappa shape index (κ3) is 1.83. The van der Waals surface area contributed by atoms with E-state index in [9.17, 15) is 0 Å². The lowest BCUT2D eigenvalue weighted by Gasteiger charge is -2.05. The van der Waals surface area contributed by atoms with E-state index in [2.05, 4.69) is 41.8 Å². The van der Waals surface area contributed by atoms with Crippen LogP contribution in [0.1, 0.15) is 5.56 Å². The van der Waals surface area contributed by atoms with Gasteiger partial charge in [-0.15, -0.1) is 11.8 Å². The molecule has 1 unspecified atom stereocenters. The second-order valence-electron chi connectivity index (χ2n) is 4.70. The fourth-order valence-corrected chi connectivity index (χ4v) is 3.92. The van der Waals surface area contributed by atoms with Gasteiger partial charge in [0.25, 0.3) is 0 Å². The van der Waals surface area contributed by atoms with Gasteiger partial charge in [0.15, 0.2) is 10.9 Å². The Morgan fingerprint density at radius 1 is 1.45 bits per heavy atom. The molecule has 4 rings (SSSR count). The van der Waals surface area contributed by atoms with Gasteiger partial charge in [-0.25, -0.2) is 9.66 Å². The van der Waals surface area contributed by atoms with E-state index in [0.29, 0.717) is 4.71 Å². The van der Waals surface area contributed by atoms with Gasteiger partial charge in [-0.2, -0.15) is 0 Å². The summed E-state index contributed by atoms with van der Waals surface area (Å²) < 4.78 is 8.27. The Bertz CT molecular complexity index is 769. The summed E-state index contributed by atoms with van der Waals surface area (Å²) >= 11 is 3.49. The zero-order valence-electron chi connectivity index (χ0n) is 11.1. The minimum Gasteiger partial charge on any atom is -0.454 e. The van der Waals surface area contributed by atoms with Crippen molar-refractivity contribution >= 4 is 34.5 Å². The number of para-hydroxylation sites is 1. The van der Waals surface area contributed by atoms with Crippen LogP contribution in [0.3, 0.4) is 0 Å². The van der Waals surface area contributed by atoms with E-state index in [4.69, 9.17) is 4.42 Å². The highest BCUT2D eigenvalue weighted by Gasteiger charge is 2.24. The summed E-state index contributed by atoms with van der Waals surface area (Å²) in [5.74, 6) is 0.819. The van der Waals surface area contributed by atoms with Crippen molar-refractivity contribution in [1.29, 1.82) is 0 Å². The van der Waals surface area contributed by atoms with Crippen molar-refractivity contribution in [2.24, 2.45) is 0 Å². The molecule has 1 aliphatic rings. The van der Waals surface area contributed by atoms with Gasteiger partial charge in [0.05, 0.1) is 6.20 Å². The van der Waals surface area contributed by atoms with Crippen molar-refractivity contribution in [3.8, 4) is 11.5 Å². The summed E-state index contributed by atoms with van der Waals surface area (Å²) in [6.45, 7) is 2.06. The Labute approximate surface area is 124 Å². The van der Waals surface area contributed by atoms with E-state index in [1.54, 1.807) is 23.5 Å². The van der Waals surface area contributed by atoms with E-state index >= 15 is 0 Å². The average molecular weight is 303 g/mol. The molecule has 4 nitrogen and oxygen atoms in total. The molecule has 0 saturated heterocycles. The number of fused-ring (bicyclic) bond motifs is 2. The number of hydrogen-bond donors (Lipinski definition) is 1. The first kappa shape index (κ1) is 12.2. The number of benzene rings is 1. The van der Waals surface area contributed by atoms with Gasteiger partial charge >= 0.3 is 0 Å². The third-order valence-corrected chi connectivity index (χ3v) is 5.56. The van der Waals surface area contributed by atoms with Gasteiger partial charge in [-0.1, -0.05) is 18.2 Å². The minimum atomic E-state index is 0.337. The first-order valence-electron chi connectivity index (χ1n) is 6.29. The molecule has 20 heavy (non-hydrogen) atoms. The fourth-order valence-electron chi connectivity index (χ4n) is 2.33. The highest BCUT2D eigenvalue weighted by molar-refractivity contribution is 8.16. The maximum Gasteiger partial charge on any atom is 0.190 e. The number of nitrogens with one attached hydrogen (secondary N) is 1. The van der Waals surface area contributed by atoms with Crippen LogP contribution < -0.4 is 5.43 Å². The lowest BCUT2D eigenvalue weighted by Crippen LogP contribution is -2.13. The molecule has 2 aromatic heterocycles. The SMILES string of the molecule is CSC1Nn2cc(-c3cc4cccc(C)c4o3)nc2S1. The van der Waals surface area contributed by atoms with Crippen LogP contribution in [-0.2, 0) is 0 Å². The van der Waals surface area contributed by atoms with Gasteiger partial charge in [-0.05, 0) is 36.6 Å². The molecule has 0 spiro atoms. The Morgan fingerprint density at radius 3 is 3.10 bits per heavy atom. The molecular weight excluding hydrogens is 290 g/mol. The summed E-state index contributed by atoms with van der Waals surface area (Å²) in [6.07, 6.45) is 4.08. The van der Waals surface area contributed by atoms with Crippen molar-refractivity contribution in [3.63, 3.8) is 0 Å². The number of thioether (sulfide) groups is 2. The van der Waals surface area contributed by atoms with E-state index in [1.165, 1.54) is 0 Å². The number of nitrogens with zero attached hydrogens (tertiary/aromatic N) is 2. The highest BCUT2D eigenvalue weighted by Crippen LogP contribution is 2.36. The number of aryl methyl sites for hydroxylation is 1. The van der Waals surface area contributed by atoms with Gasteiger partial charge < -0.3 is 9.84 Å². The van der Waals surface area contributed by atoms with Crippen molar-refractivity contribution in [2.75, 3.05) is 11.7 Å². The van der Waals surface area contributed by atoms with Crippen molar-refractivity contribution in [2.45, 2.75) is 16.8 Å². The normalized spacial score (nSPS) is 17.4. The summed E-state index contributed by atoms with van der Waals surface area (Å²) in [4.78, 5) is 4.64. The summed E-state index contributed by atoms with van der Waals surface area (Å²) in [6, 6.07) is 8.22. The number of rotatable bonds is 2. The maximum absolute atomic E-state index is 5.96. The molecule has 0 bridgehead atoms. The molecule has 0 saturated carbocycles. The maximum atomic E-state index is 5.96. The monoisotopic (exact) mass is 303 g/mol. The molecule has 0 radical (unpaired) electrons. The van der Waals surface area contributed by atoms with E-state index in [-0.39, 0.29) is 0 Å². The fraction of sp³-hybridized carbons (Fsp3) is 0.214. The Balaban J connectivity index is 1.76. The molecule has 0 aliphatic carbocycles. The zero-order chi connectivity index (χ0) is 13.7. The van der Waals surface area contributed by atoms with Crippen LogP contribution >= 0.6 is 23.5 Å². The predicted octanol–water partition coefficient (Wildman–Crippen LogP) is 3.90. The average Bonchev–Trinajstić information content (AvgIpc) is 3.09. The molecule has 1 aromatic carbocycles. The van der Waals surface area contributed by atoms with Gasteiger partial charge in [0, 0.05) is 5.39 Å². The van der Waals surface area contributed by atoms with Crippen molar-refractivity contribution < 1.29 is 4.42 Å². The van der Waals surface area contributed by atoms with Gasteiger partial charge in [0.2, 0.25) is 0 Å². The molecular formula is C14H13N3OS2. The standard InChI is InChI=1S/C14H13N3OS2/c1-8-4-3-5-9-6-11(18-12(8)9)10-7-17-13(15-10)20-14(16-17)19-2/h3-7,14,16H,1-2H3. The number of aromatic nitrogens is 2. The van der Waals surface area contributed by atoms with Crippen LogP contribution in [0.15, 0.2) is 40.0 Å². The lowest BCUT2D eigenvalue weighted by atomic mass is 10.2. The van der Waals surface area contributed by atoms with Crippen LogP contribution in [-0.4, -0.2) is 20.6 Å². The van der Waals surface area contributed by atoms with Crippen LogP contribution in [0.2, 0.25) is 0 Å². The summed E-state index contributed by atoms with van der Waals surface area (Å²) in [5.41, 5.74) is 6.32. The third-order valence-electron chi connectivity index (χ3n) is 3.34. The summed E-state index contributed by atoms with van der Waals surface area (Å²) in [5, 5.41) is 2.10. The number of imidazole rings is 1. The zero-order valence-corrected chi connectivity index (χ0v) is 12.7. The molecule has 0 fully saturated rings. The first-order valence-corrected chi connectivity index (χ1v) is 8.46. The van der Waals surface area contributed by atoms with Crippen LogP contribution in [0.4, 0.5) is 0 Å². The van der Waals surface area contributed by atoms with E-state index in [1.807, 2.05) is 16.9 Å². The molecule has 1 aliphatic heterocycles. The van der Waals surface area contributed by atoms with Crippen LogP contribution in [0.25, 0.3) is 22.4 Å². The molecule has 6 heteroatoms. The minimum absolute atomic E-state index is 0.337. The van der Waals surface area contributed by atoms with E-state index in [0.717, 1.165) is 33.1 Å². The largest absolute Gasteiger partial charge is 0.454 e. The second-order valence-corrected chi connectivity index (χ2v) is 7.01. The summed E-state index contributed by atoms with van der Waals surface area (Å²) in [7, 11) is 0.